The minimum absolute atomic E-state index is 0.709. The third kappa shape index (κ3) is 4.13. The molecule has 0 saturated heterocycles. The van der Waals surface area contributed by atoms with Gasteiger partial charge >= 0.3 is 0 Å². The number of aromatic nitrogens is 4. The molecule has 0 radical (unpaired) electrons. The number of halogens is 1. The zero-order valence-electron chi connectivity index (χ0n) is 16.0. The number of ether oxygens (including phenoxy) is 1. The van der Waals surface area contributed by atoms with E-state index < -0.39 is 0 Å². The van der Waals surface area contributed by atoms with E-state index in [0.717, 1.165) is 44.9 Å². The quantitative estimate of drug-likeness (QED) is 0.379. The maximum Gasteiger partial charge on any atom is 0.196 e. The molecule has 0 aliphatic rings. The highest BCUT2D eigenvalue weighted by atomic mass is 35.5. The molecule has 146 valence electrons. The summed E-state index contributed by atoms with van der Waals surface area (Å²) >= 11 is 8.02. The van der Waals surface area contributed by atoms with Gasteiger partial charge in [-0.15, -0.1) is 10.2 Å². The molecule has 0 aliphatic heterocycles. The summed E-state index contributed by atoms with van der Waals surface area (Å²) in [6.07, 6.45) is 3.50. The second kappa shape index (κ2) is 8.68. The van der Waals surface area contributed by atoms with Crippen LogP contribution in [0.15, 0.2) is 72.1 Å². The number of rotatable bonds is 6. The summed E-state index contributed by atoms with van der Waals surface area (Å²) in [6, 6.07) is 17.7. The first-order chi connectivity index (χ1) is 14.2. The third-order valence-electron chi connectivity index (χ3n) is 4.55. The van der Waals surface area contributed by atoms with Crippen LogP contribution in [0.25, 0.3) is 17.1 Å². The summed E-state index contributed by atoms with van der Waals surface area (Å²) in [5, 5.41) is 10.5. The molecule has 0 aliphatic carbocycles. The lowest BCUT2D eigenvalue weighted by Gasteiger charge is -2.14. The normalized spacial score (nSPS) is 10.9. The fraction of sp³-hybridized carbons (Fsp3) is 0.136. The highest BCUT2D eigenvalue weighted by Gasteiger charge is 2.18. The molecule has 0 amide bonds. The second-order valence-corrected chi connectivity index (χ2v) is 7.75. The first-order valence-corrected chi connectivity index (χ1v) is 10.4. The van der Waals surface area contributed by atoms with Crippen molar-refractivity contribution in [3.05, 3.63) is 83.1 Å². The topological polar surface area (TPSA) is 52.8 Å². The van der Waals surface area contributed by atoms with Crippen molar-refractivity contribution in [2.75, 3.05) is 7.11 Å². The molecule has 0 saturated carbocycles. The average Bonchev–Trinajstić information content (AvgIpc) is 3.18. The van der Waals surface area contributed by atoms with E-state index in [9.17, 15) is 0 Å². The molecular formula is C22H19ClN4OS. The van der Waals surface area contributed by atoms with Crippen LogP contribution in [0.2, 0.25) is 5.02 Å². The molecule has 4 rings (SSSR count). The fourth-order valence-corrected chi connectivity index (χ4v) is 4.07. The molecule has 2 heterocycles. The van der Waals surface area contributed by atoms with Crippen molar-refractivity contribution in [2.45, 2.75) is 17.8 Å². The molecule has 4 aromatic rings. The van der Waals surface area contributed by atoms with Gasteiger partial charge < -0.3 is 4.74 Å². The smallest absolute Gasteiger partial charge is 0.196 e. The maximum atomic E-state index is 6.40. The molecule has 29 heavy (non-hydrogen) atoms. The monoisotopic (exact) mass is 422 g/mol. The molecule has 0 atom stereocenters. The second-order valence-electron chi connectivity index (χ2n) is 6.40. The van der Waals surface area contributed by atoms with Crippen LogP contribution in [0.5, 0.6) is 5.75 Å². The summed E-state index contributed by atoms with van der Waals surface area (Å²) in [4.78, 5) is 4.11. The van der Waals surface area contributed by atoms with E-state index in [2.05, 4.69) is 25.8 Å². The van der Waals surface area contributed by atoms with Crippen LogP contribution < -0.4 is 4.74 Å². The fourth-order valence-electron chi connectivity index (χ4n) is 3.02. The van der Waals surface area contributed by atoms with Crippen LogP contribution in [0.3, 0.4) is 0 Å². The van der Waals surface area contributed by atoms with E-state index in [1.807, 2.05) is 55.5 Å². The zero-order chi connectivity index (χ0) is 20.2. The molecule has 0 fully saturated rings. The van der Waals surface area contributed by atoms with E-state index >= 15 is 0 Å². The molecule has 2 aromatic carbocycles. The van der Waals surface area contributed by atoms with Crippen LogP contribution in [0.1, 0.15) is 11.1 Å². The Kier molecular flexibility index (Phi) is 5.83. The van der Waals surface area contributed by atoms with Crippen LogP contribution in [0, 0.1) is 6.92 Å². The Morgan fingerprint density at radius 1 is 1.03 bits per heavy atom. The molecule has 2 aromatic heterocycles. The molecule has 0 bridgehead atoms. The highest BCUT2D eigenvalue weighted by Crippen LogP contribution is 2.33. The Hall–Kier alpha value is -2.83. The Bertz CT molecular complexity index is 1130. The summed E-state index contributed by atoms with van der Waals surface area (Å²) in [5.74, 6) is 2.34. The standard InChI is InChI=1S/C22H19ClN4OS/c1-15-19(23)7-4-8-20(15)27-21(17-9-11-24-12-10-17)25-26-22(27)29-14-16-5-3-6-18(13-16)28-2/h3-13H,14H2,1-2H3. The predicted molar refractivity (Wildman–Crippen MR) is 117 cm³/mol. The van der Waals surface area contributed by atoms with Crippen molar-refractivity contribution < 1.29 is 4.74 Å². The first kappa shape index (κ1) is 19.5. The van der Waals surface area contributed by atoms with Gasteiger partial charge in [-0.2, -0.15) is 0 Å². The van der Waals surface area contributed by atoms with E-state index in [4.69, 9.17) is 16.3 Å². The van der Waals surface area contributed by atoms with E-state index in [-0.39, 0.29) is 0 Å². The molecule has 0 spiro atoms. The predicted octanol–water partition coefficient (Wildman–Crippen LogP) is 5.59. The summed E-state index contributed by atoms with van der Waals surface area (Å²) < 4.78 is 7.38. The maximum absolute atomic E-state index is 6.40. The van der Waals surface area contributed by atoms with Gasteiger partial charge in [0, 0.05) is 28.7 Å². The summed E-state index contributed by atoms with van der Waals surface area (Å²) in [6.45, 7) is 2.00. The van der Waals surface area contributed by atoms with E-state index in [1.54, 1.807) is 31.3 Å². The molecule has 0 N–H and O–H groups in total. The largest absolute Gasteiger partial charge is 0.497 e. The van der Waals surface area contributed by atoms with Crippen LogP contribution in [-0.4, -0.2) is 26.9 Å². The minimum atomic E-state index is 0.709. The highest BCUT2D eigenvalue weighted by molar-refractivity contribution is 7.98. The van der Waals surface area contributed by atoms with Gasteiger partial charge in [0.1, 0.15) is 5.75 Å². The number of benzene rings is 2. The Balaban J connectivity index is 1.76. The van der Waals surface area contributed by atoms with Gasteiger partial charge in [0.15, 0.2) is 11.0 Å². The summed E-state index contributed by atoms with van der Waals surface area (Å²) in [7, 11) is 1.67. The Morgan fingerprint density at radius 3 is 2.62 bits per heavy atom. The summed E-state index contributed by atoms with van der Waals surface area (Å²) in [5.41, 5.74) is 4.03. The van der Waals surface area contributed by atoms with Gasteiger partial charge in [-0.05, 0) is 54.4 Å². The average molecular weight is 423 g/mol. The van der Waals surface area contributed by atoms with Gasteiger partial charge in [0.05, 0.1) is 12.8 Å². The Labute approximate surface area is 178 Å². The number of methoxy groups -OCH3 is 1. The lowest BCUT2D eigenvalue weighted by Crippen LogP contribution is -2.02. The minimum Gasteiger partial charge on any atom is -0.497 e. The van der Waals surface area contributed by atoms with Gasteiger partial charge in [-0.25, -0.2) is 0 Å². The number of nitrogens with zero attached hydrogens (tertiary/aromatic N) is 4. The van der Waals surface area contributed by atoms with Crippen LogP contribution in [0.4, 0.5) is 0 Å². The van der Waals surface area contributed by atoms with E-state index in [1.165, 1.54) is 0 Å². The zero-order valence-corrected chi connectivity index (χ0v) is 17.6. The van der Waals surface area contributed by atoms with Gasteiger partial charge in [0.2, 0.25) is 0 Å². The lowest BCUT2D eigenvalue weighted by atomic mass is 10.2. The lowest BCUT2D eigenvalue weighted by molar-refractivity contribution is 0.414. The molecular weight excluding hydrogens is 404 g/mol. The van der Waals surface area contributed by atoms with Gasteiger partial charge in [-0.1, -0.05) is 41.6 Å². The van der Waals surface area contributed by atoms with Crippen molar-refractivity contribution in [1.29, 1.82) is 0 Å². The SMILES string of the molecule is COc1cccc(CSc2nnc(-c3ccncc3)n2-c2cccc(Cl)c2C)c1. The molecule has 0 unspecified atom stereocenters. The number of thioether (sulfide) groups is 1. The molecule has 7 heteroatoms. The third-order valence-corrected chi connectivity index (χ3v) is 5.96. The van der Waals surface area contributed by atoms with Crippen LogP contribution >= 0.6 is 23.4 Å². The van der Waals surface area contributed by atoms with Crippen molar-refractivity contribution in [3.8, 4) is 22.8 Å². The number of hydrogen-bond acceptors (Lipinski definition) is 5. The van der Waals surface area contributed by atoms with E-state index in [0.29, 0.717) is 5.02 Å². The van der Waals surface area contributed by atoms with Crippen molar-refractivity contribution in [1.82, 2.24) is 19.7 Å². The van der Waals surface area contributed by atoms with Crippen molar-refractivity contribution >= 4 is 23.4 Å². The number of pyridine rings is 1. The Morgan fingerprint density at radius 2 is 1.83 bits per heavy atom. The van der Waals surface area contributed by atoms with Crippen molar-refractivity contribution in [3.63, 3.8) is 0 Å². The van der Waals surface area contributed by atoms with Crippen LogP contribution in [-0.2, 0) is 5.75 Å². The van der Waals surface area contributed by atoms with Crippen molar-refractivity contribution in [2.24, 2.45) is 0 Å². The van der Waals surface area contributed by atoms with Gasteiger partial charge in [0.25, 0.3) is 0 Å². The number of hydrogen-bond donors (Lipinski definition) is 0. The molecule has 5 nitrogen and oxygen atoms in total. The van der Waals surface area contributed by atoms with Gasteiger partial charge in [-0.3, -0.25) is 9.55 Å². The first-order valence-electron chi connectivity index (χ1n) is 9.04.